The van der Waals surface area contributed by atoms with Gasteiger partial charge in [-0.05, 0) is 37.3 Å². The third-order valence-electron chi connectivity index (χ3n) is 3.42. The van der Waals surface area contributed by atoms with Crippen molar-refractivity contribution in [1.29, 1.82) is 0 Å². The molecule has 1 aromatic rings. The standard InChI is InChI=1S/C16H27NO/c1-4-11-17-16(14(2)10-12-18-3)13-15-8-6-5-7-9-15/h5-9,14,16-17H,4,10-13H2,1-3H3. The van der Waals surface area contributed by atoms with Crippen molar-refractivity contribution in [2.75, 3.05) is 20.3 Å². The fourth-order valence-corrected chi connectivity index (χ4v) is 2.18. The molecule has 0 saturated carbocycles. The number of rotatable bonds is 9. The summed E-state index contributed by atoms with van der Waals surface area (Å²) in [5.74, 6) is 0.636. The smallest absolute Gasteiger partial charge is 0.0465 e. The minimum absolute atomic E-state index is 0.544. The molecule has 2 atom stereocenters. The summed E-state index contributed by atoms with van der Waals surface area (Å²) >= 11 is 0. The van der Waals surface area contributed by atoms with Gasteiger partial charge in [-0.3, -0.25) is 0 Å². The van der Waals surface area contributed by atoms with E-state index in [1.807, 2.05) is 0 Å². The molecule has 2 heteroatoms. The van der Waals surface area contributed by atoms with Gasteiger partial charge in [0.15, 0.2) is 0 Å². The van der Waals surface area contributed by atoms with Gasteiger partial charge in [0.25, 0.3) is 0 Å². The Kier molecular flexibility index (Phi) is 7.70. The van der Waals surface area contributed by atoms with Crippen molar-refractivity contribution in [2.24, 2.45) is 5.92 Å². The largest absolute Gasteiger partial charge is 0.385 e. The van der Waals surface area contributed by atoms with Crippen LogP contribution in [0.3, 0.4) is 0 Å². The lowest BCUT2D eigenvalue weighted by Gasteiger charge is -2.25. The fourth-order valence-electron chi connectivity index (χ4n) is 2.18. The molecule has 2 nitrogen and oxygen atoms in total. The Hall–Kier alpha value is -0.860. The van der Waals surface area contributed by atoms with Crippen LogP contribution in [0.1, 0.15) is 32.3 Å². The summed E-state index contributed by atoms with van der Waals surface area (Å²) < 4.78 is 5.19. The van der Waals surface area contributed by atoms with E-state index < -0.39 is 0 Å². The molecule has 18 heavy (non-hydrogen) atoms. The van der Waals surface area contributed by atoms with Crippen molar-refractivity contribution in [3.8, 4) is 0 Å². The summed E-state index contributed by atoms with van der Waals surface area (Å²) in [6.45, 7) is 6.47. The molecule has 0 saturated heterocycles. The van der Waals surface area contributed by atoms with Crippen LogP contribution in [0.4, 0.5) is 0 Å². The van der Waals surface area contributed by atoms with Crippen LogP contribution < -0.4 is 5.32 Å². The summed E-state index contributed by atoms with van der Waals surface area (Å²) in [6.07, 6.45) is 3.40. The fraction of sp³-hybridized carbons (Fsp3) is 0.625. The van der Waals surface area contributed by atoms with Crippen molar-refractivity contribution in [3.05, 3.63) is 35.9 Å². The van der Waals surface area contributed by atoms with Gasteiger partial charge in [0, 0.05) is 19.8 Å². The molecule has 0 radical (unpaired) electrons. The van der Waals surface area contributed by atoms with Gasteiger partial charge in [-0.2, -0.15) is 0 Å². The van der Waals surface area contributed by atoms with E-state index in [1.54, 1.807) is 7.11 Å². The predicted octanol–water partition coefficient (Wildman–Crippen LogP) is 3.27. The van der Waals surface area contributed by atoms with Crippen LogP contribution in [-0.2, 0) is 11.2 Å². The molecule has 0 spiro atoms. The van der Waals surface area contributed by atoms with E-state index in [0.29, 0.717) is 12.0 Å². The van der Waals surface area contributed by atoms with E-state index in [9.17, 15) is 0 Å². The number of ether oxygens (including phenoxy) is 1. The maximum absolute atomic E-state index is 5.19. The molecule has 2 unspecified atom stereocenters. The molecule has 0 aliphatic heterocycles. The zero-order valence-corrected chi connectivity index (χ0v) is 12.0. The lowest BCUT2D eigenvalue weighted by molar-refractivity contribution is 0.170. The number of benzene rings is 1. The van der Waals surface area contributed by atoms with E-state index in [2.05, 4.69) is 49.5 Å². The molecular formula is C16H27NO. The molecule has 1 rings (SSSR count). The topological polar surface area (TPSA) is 21.3 Å². The average molecular weight is 249 g/mol. The predicted molar refractivity (Wildman–Crippen MR) is 77.9 cm³/mol. The summed E-state index contributed by atoms with van der Waals surface area (Å²) in [5.41, 5.74) is 1.41. The first kappa shape index (κ1) is 15.2. The first-order valence-corrected chi connectivity index (χ1v) is 7.04. The maximum Gasteiger partial charge on any atom is 0.0465 e. The van der Waals surface area contributed by atoms with Gasteiger partial charge in [0.2, 0.25) is 0 Å². The molecule has 0 amide bonds. The van der Waals surface area contributed by atoms with Gasteiger partial charge in [0.05, 0.1) is 0 Å². The molecule has 0 aliphatic rings. The number of methoxy groups -OCH3 is 1. The van der Waals surface area contributed by atoms with Gasteiger partial charge in [0.1, 0.15) is 0 Å². The highest BCUT2D eigenvalue weighted by atomic mass is 16.5. The summed E-state index contributed by atoms with van der Waals surface area (Å²) in [4.78, 5) is 0. The second-order valence-electron chi connectivity index (χ2n) is 5.01. The average Bonchev–Trinajstić information content (AvgIpc) is 2.42. The van der Waals surface area contributed by atoms with Crippen molar-refractivity contribution >= 4 is 0 Å². The van der Waals surface area contributed by atoms with Crippen LogP contribution in [-0.4, -0.2) is 26.3 Å². The summed E-state index contributed by atoms with van der Waals surface area (Å²) in [7, 11) is 1.78. The minimum Gasteiger partial charge on any atom is -0.385 e. The van der Waals surface area contributed by atoms with Crippen molar-refractivity contribution in [3.63, 3.8) is 0 Å². The van der Waals surface area contributed by atoms with Gasteiger partial charge in [-0.25, -0.2) is 0 Å². The number of nitrogens with one attached hydrogen (secondary N) is 1. The molecule has 0 aliphatic carbocycles. The maximum atomic E-state index is 5.19. The van der Waals surface area contributed by atoms with E-state index in [-0.39, 0.29) is 0 Å². The Bertz CT molecular complexity index is 299. The van der Waals surface area contributed by atoms with E-state index in [4.69, 9.17) is 4.74 Å². The molecule has 1 aromatic carbocycles. The SMILES string of the molecule is CCCNC(Cc1ccccc1)C(C)CCOC. The van der Waals surface area contributed by atoms with Gasteiger partial charge < -0.3 is 10.1 Å². The van der Waals surface area contributed by atoms with Crippen molar-refractivity contribution < 1.29 is 4.74 Å². The zero-order chi connectivity index (χ0) is 13.2. The second-order valence-corrected chi connectivity index (χ2v) is 5.01. The van der Waals surface area contributed by atoms with Gasteiger partial charge in [-0.1, -0.05) is 44.2 Å². The Balaban J connectivity index is 2.54. The quantitative estimate of drug-likeness (QED) is 0.725. The van der Waals surface area contributed by atoms with Crippen LogP contribution in [0, 0.1) is 5.92 Å². The Morgan fingerprint density at radius 2 is 1.94 bits per heavy atom. The Morgan fingerprint density at radius 1 is 1.22 bits per heavy atom. The third kappa shape index (κ3) is 5.65. The van der Waals surface area contributed by atoms with Crippen LogP contribution in [0.25, 0.3) is 0 Å². The van der Waals surface area contributed by atoms with E-state index in [1.165, 1.54) is 12.0 Å². The van der Waals surface area contributed by atoms with E-state index >= 15 is 0 Å². The van der Waals surface area contributed by atoms with Crippen LogP contribution in [0.15, 0.2) is 30.3 Å². The highest BCUT2D eigenvalue weighted by molar-refractivity contribution is 5.16. The molecule has 0 fully saturated rings. The zero-order valence-electron chi connectivity index (χ0n) is 12.0. The van der Waals surface area contributed by atoms with Crippen LogP contribution >= 0.6 is 0 Å². The minimum atomic E-state index is 0.544. The lowest BCUT2D eigenvalue weighted by Crippen LogP contribution is -2.37. The summed E-state index contributed by atoms with van der Waals surface area (Å²) in [6, 6.07) is 11.3. The molecule has 0 aromatic heterocycles. The van der Waals surface area contributed by atoms with Crippen molar-refractivity contribution in [2.45, 2.75) is 39.2 Å². The normalized spacial score (nSPS) is 14.4. The van der Waals surface area contributed by atoms with E-state index in [0.717, 1.165) is 26.0 Å². The molecule has 1 N–H and O–H groups in total. The highest BCUT2D eigenvalue weighted by Gasteiger charge is 2.16. The highest BCUT2D eigenvalue weighted by Crippen LogP contribution is 2.14. The number of hydrogen-bond acceptors (Lipinski definition) is 2. The first-order chi connectivity index (χ1) is 8.77. The lowest BCUT2D eigenvalue weighted by atomic mass is 9.92. The van der Waals surface area contributed by atoms with Crippen LogP contribution in [0.2, 0.25) is 0 Å². The molecule has 0 bridgehead atoms. The Morgan fingerprint density at radius 3 is 2.56 bits per heavy atom. The third-order valence-corrected chi connectivity index (χ3v) is 3.42. The molecule has 102 valence electrons. The second kappa shape index (κ2) is 9.12. The van der Waals surface area contributed by atoms with Gasteiger partial charge in [-0.15, -0.1) is 0 Å². The monoisotopic (exact) mass is 249 g/mol. The summed E-state index contributed by atoms with van der Waals surface area (Å²) in [5, 5.41) is 3.67. The van der Waals surface area contributed by atoms with Crippen LogP contribution in [0.5, 0.6) is 0 Å². The van der Waals surface area contributed by atoms with Crippen molar-refractivity contribution in [1.82, 2.24) is 5.32 Å². The van der Waals surface area contributed by atoms with Gasteiger partial charge >= 0.3 is 0 Å². The Labute approximate surface area is 112 Å². The first-order valence-electron chi connectivity index (χ1n) is 7.04. The molecule has 0 heterocycles. The molecular weight excluding hydrogens is 222 g/mol. The number of hydrogen-bond donors (Lipinski definition) is 1.